The Morgan fingerprint density at radius 3 is 2.73 bits per heavy atom. The molecule has 2 aliphatic carbocycles. The van der Waals surface area contributed by atoms with E-state index in [2.05, 4.69) is 23.3 Å². The van der Waals surface area contributed by atoms with Gasteiger partial charge in [-0.25, -0.2) is 8.78 Å². The quantitative estimate of drug-likeness (QED) is 0.797. The van der Waals surface area contributed by atoms with E-state index >= 15 is 0 Å². The molecule has 4 heteroatoms. The van der Waals surface area contributed by atoms with Crippen LogP contribution in [0.15, 0.2) is 30.5 Å². The number of alkyl halides is 2. The van der Waals surface area contributed by atoms with Gasteiger partial charge in [-0.2, -0.15) is 5.10 Å². The van der Waals surface area contributed by atoms with Crippen LogP contribution < -0.4 is 0 Å². The van der Waals surface area contributed by atoms with Crippen molar-refractivity contribution in [2.75, 3.05) is 0 Å². The van der Waals surface area contributed by atoms with Gasteiger partial charge in [0, 0.05) is 25.2 Å². The molecule has 1 heterocycles. The van der Waals surface area contributed by atoms with E-state index in [1.807, 2.05) is 6.07 Å². The highest BCUT2D eigenvalue weighted by atomic mass is 19.3. The van der Waals surface area contributed by atoms with Gasteiger partial charge in [-0.15, -0.1) is 0 Å². The summed E-state index contributed by atoms with van der Waals surface area (Å²) in [6.07, 6.45) is 3.80. The largest absolute Gasteiger partial charge is 0.282 e. The van der Waals surface area contributed by atoms with Gasteiger partial charge in [0.2, 0.25) is 0 Å². The molecule has 22 heavy (non-hydrogen) atoms. The Morgan fingerprint density at radius 2 is 2.00 bits per heavy atom. The minimum atomic E-state index is -2.51. The average Bonchev–Trinajstić information content (AvgIpc) is 3.36. The predicted octanol–water partition coefficient (Wildman–Crippen LogP) is 4.46. The molecular weight excluding hydrogens is 282 g/mol. The maximum atomic E-state index is 13.1. The van der Waals surface area contributed by atoms with Crippen LogP contribution in [0.25, 0.3) is 0 Å². The third kappa shape index (κ3) is 2.55. The highest BCUT2D eigenvalue weighted by molar-refractivity contribution is 5.39. The Balaban J connectivity index is 1.61. The van der Waals surface area contributed by atoms with Crippen molar-refractivity contribution in [1.82, 2.24) is 9.78 Å². The van der Waals surface area contributed by atoms with Crippen molar-refractivity contribution in [3.63, 3.8) is 0 Å². The second-order valence-electron chi connectivity index (χ2n) is 6.73. The zero-order chi connectivity index (χ0) is 15.3. The number of hydrogen-bond donors (Lipinski definition) is 0. The summed E-state index contributed by atoms with van der Waals surface area (Å²) >= 11 is 0. The first kappa shape index (κ1) is 13.9. The molecule has 2 unspecified atom stereocenters. The molecule has 0 aliphatic heterocycles. The maximum Gasteiger partial charge on any atom is 0.282 e. The lowest BCUT2D eigenvalue weighted by molar-refractivity contribution is 0.144. The lowest BCUT2D eigenvalue weighted by Crippen LogP contribution is -1.98. The van der Waals surface area contributed by atoms with Crippen LogP contribution >= 0.6 is 0 Å². The molecule has 2 saturated carbocycles. The van der Waals surface area contributed by atoms with E-state index in [0.29, 0.717) is 17.9 Å². The molecule has 116 valence electrons. The van der Waals surface area contributed by atoms with Gasteiger partial charge < -0.3 is 0 Å². The monoisotopic (exact) mass is 302 g/mol. The number of halogens is 2. The molecule has 1 aromatic carbocycles. The summed E-state index contributed by atoms with van der Waals surface area (Å²) in [5, 5.41) is 3.92. The SMILES string of the molecule is Cn1cc(Cc2ccccc2C2CC2C2CC2)c(C(F)F)n1. The molecule has 4 rings (SSSR count). The fraction of sp³-hybridized carbons (Fsp3) is 0.500. The Bertz CT molecular complexity index is 688. The van der Waals surface area contributed by atoms with Gasteiger partial charge >= 0.3 is 0 Å². The van der Waals surface area contributed by atoms with Crippen molar-refractivity contribution in [2.45, 2.75) is 38.0 Å². The number of hydrogen-bond acceptors (Lipinski definition) is 1. The van der Waals surface area contributed by atoms with Gasteiger partial charge in [-0.3, -0.25) is 4.68 Å². The third-order valence-corrected chi connectivity index (χ3v) is 5.05. The summed E-state index contributed by atoms with van der Waals surface area (Å²) in [4.78, 5) is 0. The van der Waals surface area contributed by atoms with Crippen LogP contribution in [0.1, 0.15) is 54.0 Å². The molecule has 0 spiro atoms. The molecule has 0 radical (unpaired) electrons. The molecular formula is C18H20F2N2. The molecule has 2 aliphatic rings. The summed E-state index contributed by atoms with van der Waals surface area (Å²) < 4.78 is 27.7. The van der Waals surface area contributed by atoms with E-state index in [1.165, 1.54) is 35.1 Å². The van der Waals surface area contributed by atoms with Crippen LogP contribution in [0.5, 0.6) is 0 Å². The van der Waals surface area contributed by atoms with Crippen LogP contribution in [0.4, 0.5) is 8.78 Å². The zero-order valence-corrected chi connectivity index (χ0v) is 12.7. The van der Waals surface area contributed by atoms with Gasteiger partial charge in [0.1, 0.15) is 5.69 Å². The van der Waals surface area contributed by atoms with Crippen molar-refractivity contribution in [1.29, 1.82) is 0 Å². The Labute approximate surface area is 129 Å². The normalized spacial score (nSPS) is 24.0. The molecule has 2 atom stereocenters. The van der Waals surface area contributed by atoms with E-state index < -0.39 is 6.43 Å². The number of aromatic nitrogens is 2. The van der Waals surface area contributed by atoms with Crippen LogP contribution in [-0.4, -0.2) is 9.78 Å². The molecule has 1 aromatic heterocycles. The smallest absolute Gasteiger partial charge is 0.275 e. The van der Waals surface area contributed by atoms with Crippen molar-refractivity contribution in [2.24, 2.45) is 18.9 Å². The molecule has 0 saturated heterocycles. The molecule has 0 bridgehead atoms. The maximum absolute atomic E-state index is 13.1. The van der Waals surface area contributed by atoms with Crippen molar-refractivity contribution < 1.29 is 8.78 Å². The van der Waals surface area contributed by atoms with E-state index in [4.69, 9.17) is 0 Å². The van der Waals surface area contributed by atoms with Crippen LogP contribution in [0.3, 0.4) is 0 Å². The Hall–Kier alpha value is -1.71. The number of nitrogens with zero attached hydrogens (tertiary/aromatic N) is 2. The zero-order valence-electron chi connectivity index (χ0n) is 12.7. The van der Waals surface area contributed by atoms with Gasteiger partial charge in [-0.05, 0) is 48.1 Å². The highest BCUT2D eigenvalue weighted by Gasteiger charge is 2.48. The van der Waals surface area contributed by atoms with Crippen LogP contribution in [0.2, 0.25) is 0 Å². The summed E-state index contributed by atoms with van der Waals surface area (Å²) in [5.41, 5.74) is 3.12. The highest BCUT2D eigenvalue weighted by Crippen LogP contribution is 2.59. The standard InChI is InChI=1S/C18H20F2N2/c1-22-10-13(17(21-22)18(19)20)8-12-4-2-3-5-14(12)16-9-15(16)11-6-7-11/h2-5,10-11,15-16,18H,6-9H2,1H3. The predicted molar refractivity (Wildman–Crippen MR) is 81.0 cm³/mol. The second kappa shape index (κ2) is 5.18. The van der Waals surface area contributed by atoms with Crippen molar-refractivity contribution in [3.8, 4) is 0 Å². The third-order valence-electron chi connectivity index (χ3n) is 5.05. The first-order valence-electron chi connectivity index (χ1n) is 8.02. The number of benzene rings is 1. The fourth-order valence-corrected chi connectivity index (χ4v) is 3.75. The number of rotatable bonds is 5. The van der Waals surface area contributed by atoms with Gasteiger partial charge in [-0.1, -0.05) is 24.3 Å². The van der Waals surface area contributed by atoms with Crippen LogP contribution in [0, 0.1) is 11.8 Å². The van der Waals surface area contributed by atoms with Gasteiger partial charge in [0.05, 0.1) is 0 Å². The number of aryl methyl sites for hydroxylation is 1. The summed E-state index contributed by atoms with van der Waals surface area (Å²) in [6.45, 7) is 0. The van der Waals surface area contributed by atoms with Crippen LogP contribution in [-0.2, 0) is 13.5 Å². The summed E-state index contributed by atoms with van der Waals surface area (Å²) in [5.74, 6) is 2.41. The molecule has 0 N–H and O–H groups in total. The van der Waals surface area contributed by atoms with Gasteiger partial charge in [0.25, 0.3) is 6.43 Å². The second-order valence-corrected chi connectivity index (χ2v) is 6.73. The fourth-order valence-electron chi connectivity index (χ4n) is 3.75. The molecule has 2 fully saturated rings. The minimum Gasteiger partial charge on any atom is -0.275 e. The minimum absolute atomic E-state index is 0.0770. The first-order chi connectivity index (χ1) is 10.6. The van der Waals surface area contributed by atoms with Crippen molar-refractivity contribution >= 4 is 0 Å². The lowest BCUT2D eigenvalue weighted by Gasteiger charge is -2.09. The van der Waals surface area contributed by atoms with E-state index in [0.717, 1.165) is 11.8 Å². The summed E-state index contributed by atoms with van der Waals surface area (Å²) in [6, 6.07) is 8.34. The van der Waals surface area contributed by atoms with E-state index in [9.17, 15) is 8.78 Å². The molecule has 0 amide bonds. The molecule has 2 nitrogen and oxygen atoms in total. The van der Waals surface area contributed by atoms with Gasteiger partial charge in [0.15, 0.2) is 0 Å². The lowest BCUT2D eigenvalue weighted by atomic mass is 9.96. The van der Waals surface area contributed by atoms with E-state index in [1.54, 1.807) is 13.2 Å². The van der Waals surface area contributed by atoms with Crippen molar-refractivity contribution in [3.05, 3.63) is 52.8 Å². The first-order valence-corrected chi connectivity index (χ1v) is 8.02. The van der Waals surface area contributed by atoms with E-state index in [-0.39, 0.29) is 5.69 Å². The Kier molecular flexibility index (Phi) is 3.28. The molecule has 2 aromatic rings. The Morgan fingerprint density at radius 1 is 1.23 bits per heavy atom. The topological polar surface area (TPSA) is 17.8 Å². The average molecular weight is 302 g/mol. The summed E-state index contributed by atoms with van der Waals surface area (Å²) in [7, 11) is 1.70.